The van der Waals surface area contributed by atoms with Crippen LogP contribution in [0.3, 0.4) is 0 Å². The number of carbonyl (C=O) groups excluding carboxylic acids is 1. The Hall–Kier alpha value is -3.08. The standard InChI is InChI=1S/C28H31ClN4O4S2/c1-5-6-11-24-31-27-26(25(29)22(17-38-27)28(34)37-4)33(24)16-19-12-14-20(15-13-19)21-9-7-8-10-23(21)39(35,36)30-18-32(2)3/h7-10,12-15,18H,5-6,11,16-17H2,1-4H3. The average molecular weight is 587 g/mol. The molecule has 0 N–H and O–H groups in total. The van der Waals surface area contributed by atoms with Crippen molar-refractivity contribution < 1.29 is 17.9 Å². The van der Waals surface area contributed by atoms with E-state index in [0.29, 0.717) is 28.5 Å². The van der Waals surface area contributed by atoms with E-state index in [1.165, 1.54) is 25.2 Å². The largest absolute Gasteiger partial charge is 0.466 e. The molecule has 4 rings (SSSR count). The second-order valence-electron chi connectivity index (χ2n) is 9.30. The first-order valence-electron chi connectivity index (χ1n) is 12.5. The number of benzene rings is 2. The van der Waals surface area contributed by atoms with Gasteiger partial charge in [0.25, 0.3) is 10.0 Å². The van der Waals surface area contributed by atoms with Gasteiger partial charge in [-0.15, -0.1) is 4.40 Å². The molecule has 0 fully saturated rings. The monoisotopic (exact) mass is 586 g/mol. The van der Waals surface area contributed by atoms with Gasteiger partial charge in [0.05, 0.1) is 28.3 Å². The predicted octanol–water partition coefficient (Wildman–Crippen LogP) is 5.45. The Bertz CT molecular complexity index is 1530. The molecule has 2 heterocycles. The zero-order valence-corrected chi connectivity index (χ0v) is 24.7. The van der Waals surface area contributed by atoms with Crippen LogP contribution in [0.15, 0.2) is 68.4 Å². The fraction of sp³-hybridized carbons (Fsp3) is 0.321. The van der Waals surface area contributed by atoms with Crippen LogP contribution >= 0.6 is 23.4 Å². The van der Waals surface area contributed by atoms with Gasteiger partial charge in [-0.05, 0) is 23.6 Å². The molecule has 0 unspecified atom stereocenters. The number of ether oxygens (including phenoxy) is 1. The lowest BCUT2D eigenvalue weighted by atomic mass is 10.0. The Morgan fingerprint density at radius 3 is 2.59 bits per heavy atom. The van der Waals surface area contributed by atoms with Gasteiger partial charge >= 0.3 is 5.97 Å². The van der Waals surface area contributed by atoms with Crippen LogP contribution < -0.4 is 0 Å². The maximum Gasteiger partial charge on any atom is 0.336 e. The summed E-state index contributed by atoms with van der Waals surface area (Å²) in [6.07, 6.45) is 4.07. The summed E-state index contributed by atoms with van der Waals surface area (Å²) in [6, 6.07) is 14.6. The fourth-order valence-electron chi connectivity index (χ4n) is 4.22. The van der Waals surface area contributed by atoms with Crippen molar-refractivity contribution in [1.29, 1.82) is 0 Å². The van der Waals surface area contributed by atoms with E-state index < -0.39 is 16.0 Å². The molecule has 0 atom stereocenters. The van der Waals surface area contributed by atoms with Crippen molar-refractivity contribution in [2.75, 3.05) is 27.0 Å². The van der Waals surface area contributed by atoms with Gasteiger partial charge < -0.3 is 14.2 Å². The maximum atomic E-state index is 12.9. The average Bonchev–Trinajstić information content (AvgIpc) is 3.28. The highest BCUT2D eigenvalue weighted by atomic mass is 35.5. The number of sulfonamides is 1. The molecule has 3 aromatic rings. The van der Waals surface area contributed by atoms with Gasteiger partial charge in [-0.1, -0.05) is 79.2 Å². The highest BCUT2D eigenvalue weighted by Gasteiger charge is 2.30. The number of imidazole rings is 1. The molecule has 0 spiro atoms. The van der Waals surface area contributed by atoms with E-state index in [9.17, 15) is 13.2 Å². The molecular weight excluding hydrogens is 556 g/mol. The Balaban J connectivity index is 1.70. The van der Waals surface area contributed by atoms with Gasteiger partial charge in [-0.2, -0.15) is 8.42 Å². The van der Waals surface area contributed by atoms with Crippen LogP contribution in [0, 0.1) is 0 Å². The number of fused-ring (bicyclic) bond motifs is 1. The molecule has 1 aromatic heterocycles. The maximum absolute atomic E-state index is 12.9. The van der Waals surface area contributed by atoms with Crippen molar-refractivity contribution in [2.45, 2.75) is 42.7 Å². The molecule has 11 heteroatoms. The highest BCUT2D eigenvalue weighted by molar-refractivity contribution is 7.99. The van der Waals surface area contributed by atoms with E-state index in [1.807, 2.05) is 24.3 Å². The first-order valence-corrected chi connectivity index (χ1v) is 15.3. The Morgan fingerprint density at radius 2 is 1.92 bits per heavy atom. The lowest BCUT2D eigenvalue weighted by Crippen LogP contribution is -2.14. The number of rotatable bonds is 10. The summed E-state index contributed by atoms with van der Waals surface area (Å²) in [5, 5.41) is 1.19. The van der Waals surface area contributed by atoms with Crippen LogP contribution in [0.5, 0.6) is 0 Å². The minimum absolute atomic E-state index is 0.144. The van der Waals surface area contributed by atoms with Crippen LogP contribution in [0.2, 0.25) is 0 Å². The number of aryl methyl sites for hydroxylation is 1. The molecule has 206 valence electrons. The smallest absolute Gasteiger partial charge is 0.336 e. The molecule has 2 aromatic carbocycles. The third-order valence-corrected chi connectivity index (χ3v) is 8.90. The summed E-state index contributed by atoms with van der Waals surface area (Å²) in [7, 11) is 0.905. The molecule has 39 heavy (non-hydrogen) atoms. The van der Waals surface area contributed by atoms with Gasteiger partial charge in [0.15, 0.2) is 0 Å². The summed E-state index contributed by atoms with van der Waals surface area (Å²) in [4.78, 5) is 18.9. The zero-order chi connectivity index (χ0) is 28.2. The lowest BCUT2D eigenvalue weighted by Gasteiger charge is -2.18. The first-order chi connectivity index (χ1) is 18.7. The van der Waals surface area contributed by atoms with E-state index in [0.717, 1.165) is 46.9 Å². The molecule has 0 saturated heterocycles. The third kappa shape index (κ3) is 6.40. The molecule has 0 aliphatic carbocycles. The molecule has 0 amide bonds. The molecule has 1 aliphatic rings. The van der Waals surface area contributed by atoms with E-state index in [1.54, 1.807) is 43.3 Å². The molecule has 1 aliphatic heterocycles. The number of unbranched alkanes of at least 4 members (excludes halogenated alkanes) is 1. The molecule has 0 radical (unpaired) electrons. The van der Waals surface area contributed by atoms with Gasteiger partial charge in [-0.25, -0.2) is 9.78 Å². The number of methoxy groups -OCH3 is 1. The van der Waals surface area contributed by atoms with Gasteiger partial charge in [0, 0.05) is 38.4 Å². The molecule has 0 bridgehead atoms. The van der Waals surface area contributed by atoms with Crippen LogP contribution in [0.1, 0.15) is 36.8 Å². The number of aromatic nitrogens is 2. The molecular formula is C28H31ClN4O4S2. The van der Waals surface area contributed by atoms with Gasteiger partial charge in [0.1, 0.15) is 17.2 Å². The quantitative estimate of drug-likeness (QED) is 0.177. The minimum atomic E-state index is -3.88. The van der Waals surface area contributed by atoms with Gasteiger partial charge in [-0.3, -0.25) is 0 Å². The number of halogens is 1. The van der Waals surface area contributed by atoms with Crippen molar-refractivity contribution in [2.24, 2.45) is 4.40 Å². The van der Waals surface area contributed by atoms with Crippen molar-refractivity contribution in [3.05, 3.63) is 71.2 Å². The highest BCUT2D eigenvalue weighted by Crippen LogP contribution is 2.40. The van der Waals surface area contributed by atoms with Crippen molar-refractivity contribution in [3.8, 4) is 11.1 Å². The number of hydrogen-bond acceptors (Lipinski definition) is 6. The zero-order valence-electron chi connectivity index (χ0n) is 22.3. The van der Waals surface area contributed by atoms with Crippen molar-refractivity contribution >= 4 is 50.7 Å². The van der Waals surface area contributed by atoms with E-state index in [-0.39, 0.29) is 4.90 Å². The first kappa shape index (κ1) is 28.9. The van der Waals surface area contributed by atoms with E-state index in [2.05, 4.69) is 15.9 Å². The Morgan fingerprint density at radius 1 is 1.21 bits per heavy atom. The summed E-state index contributed by atoms with van der Waals surface area (Å²) < 4.78 is 36.6. The van der Waals surface area contributed by atoms with Gasteiger partial charge in [0.2, 0.25) is 0 Å². The molecule has 0 saturated carbocycles. The second kappa shape index (κ2) is 12.4. The summed E-state index contributed by atoms with van der Waals surface area (Å²) in [6.45, 7) is 2.63. The molecule has 8 nitrogen and oxygen atoms in total. The SMILES string of the molecule is CCCCc1nc2c(n1Cc1ccc(-c3ccccc3S(=O)(=O)N=CN(C)C)cc1)C(Cl)=C(C(=O)OC)CS2. The van der Waals surface area contributed by atoms with E-state index in [4.69, 9.17) is 21.3 Å². The summed E-state index contributed by atoms with van der Waals surface area (Å²) in [5.41, 5.74) is 3.50. The predicted molar refractivity (Wildman–Crippen MR) is 157 cm³/mol. The van der Waals surface area contributed by atoms with Crippen LogP contribution in [-0.2, 0) is 32.5 Å². The number of carbonyl (C=O) groups is 1. The number of nitrogens with zero attached hydrogens (tertiary/aromatic N) is 4. The van der Waals surface area contributed by atoms with Crippen molar-refractivity contribution in [3.63, 3.8) is 0 Å². The normalized spacial score (nSPS) is 13.6. The number of thioether (sulfide) groups is 1. The Kier molecular flexibility index (Phi) is 9.19. The van der Waals surface area contributed by atoms with Crippen LogP contribution in [0.4, 0.5) is 0 Å². The van der Waals surface area contributed by atoms with E-state index >= 15 is 0 Å². The van der Waals surface area contributed by atoms with Crippen LogP contribution in [-0.4, -0.2) is 62.1 Å². The number of esters is 1. The second-order valence-corrected chi connectivity index (χ2v) is 12.2. The van der Waals surface area contributed by atoms with Crippen LogP contribution in [0.25, 0.3) is 16.2 Å². The topological polar surface area (TPSA) is 93.9 Å². The lowest BCUT2D eigenvalue weighted by molar-refractivity contribution is -0.135. The Labute approximate surface area is 238 Å². The van der Waals surface area contributed by atoms with Crippen molar-refractivity contribution in [1.82, 2.24) is 14.5 Å². The minimum Gasteiger partial charge on any atom is -0.466 e. The summed E-state index contributed by atoms with van der Waals surface area (Å²) in [5.74, 6) is 0.894. The summed E-state index contributed by atoms with van der Waals surface area (Å²) >= 11 is 8.24. The number of hydrogen-bond donors (Lipinski definition) is 0. The third-order valence-electron chi connectivity index (χ3n) is 6.21. The fourth-order valence-corrected chi connectivity index (χ4v) is 6.89.